The number of alkyl halides is 1. The van der Waals surface area contributed by atoms with Crippen LogP contribution in [0.5, 0.6) is 11.5 Å². The molecule has 0 aliphatic carbocycles. The number of benzene rings is 2. The molecule has 0 heterocycles. The number of halogens is 1. The molecule has 0 saturated heterocycles. The Morgan fingerprint density at radius 3 is 1.89 bits per heavy atom. The lowest BCUT2D eigenvalue weighted by molar-refractivity contribution is -0.904. The monoisotopic (exact) mass is 502 g/mol. The number of hydrogen-bond donors (Lipinski definition) is 0. The van der Waals surface area contributed by atoms with Gasteiger partial charge in [0.05, 0.1) is 40.6 Å². The van der Waals surface area contributed by atoms with Gasteiger partial charge in [-0.3, -0.25) is 4.39 Å². The molecule has 0 amide bonds. The van der Waals surface area contributed by atoms with Crippen LogP contribution in [0.2, 0.25) is 0 Å². The Balaban J connectivity index is 1.66. The zero-order valence-electron chi connectivity index (χ0n) is 23.7. The SMILES string of the molecule is CC(C)(C)CC(C)(C)c1ccc(OCCOCC[N+](C)(C)Cc2ccc(OCCCCF)cc2)cc1. The standard InChI is InChI=1S/C31H49FNO3/c1-30(2,3)25-31(4,5)27-12-16-29(17-13-27)36-23-22-34-21-19-33(6,7)24-26-10-14-28(15-11-26)35-20-9-8-18-32/h10-17H,8-9,18-25H2,1-7H3/q+1. The van der Waals surface area contributed by atoms with Gasteiger partial charge in [0.25, 0.3) is 0 Å². The van der Waals surface area contributed by atoms with Crippen LogP contribution in [0.4, 0.5) is 4.39 Å². The first kappa shape index (κ1) is 30.1. The molecule has 2 rings (SSSR count). The quantitative estimate of drug-likeness (QED) is 0.179. The van der Waals surface area contributed by atoms with Crippen LogP contribution in [0.25, 0.3) is 0 Å². The van der Waals surface area contributed by atoms with E-state index in [1.807, 2.05) is 12.1 Å². The van der Waals surface area contributed by atoms with E-state index in [-0.39, 0.29) is 12.1 Å². The summed E-state index contributed by atoms with van der Waals surface area (Å²) >= 11 is 0. The van der Waals surface area contributed by atoms with E-state index in [1.165, 1.54) is 11.1 Å². The summed E-state index contributed by atoms with van der Waals surface area (Å²) in [7, 11) is 4.42. The maximum Gasteiger partial charge on any atom is 0.119 e. The first-order valence-electron chi connectivity index (χ1n) is 13.3. The molecule has 0 aromatic heterocycles. The van der Waals surface area contributed by atoms with E-state index < -0.39 is 0 Å². The fourth-order valence-electron chi connectivity index (χ4n) is 4.71. The van der Waals surface area contributed by atoms with Gasteiger partial charge in [0.2, 0.25) is 0 Å². The summed E-state index contributed by atoms with van der Waals surface area (Å²) in [6.07, 6.45) is 2.43. The van der Waals surface area contributed by atoms with Gasteiger partial charge in [-0.15, -0.1) is 0 Å². The van der Waals surface area contributed by atoms with E-state index in [0.717, 1.165) is 41.9 Å². The zero-order chi connectivity index (χ0) is 26.7. The van der Waals surface area contributed by atoms with Gasteiger partial charge in [-0.2, -0.15) is 0 Å². The number of quaternary nitrogens is 1. The van der Waals surface area contributed by atoms with Crippen molar-refractivity contribution in [1.29, 1.82) is 0 Å². The number of likely N-dealkylation sites (N-methyl/N-ethyl adjacent to an activating group) is 1. The van der Waals surface area contributed by atoms with Crippen molar-refractivity contribution in [2.75, 3.05) is 53.7 Å². The molecule has 0 bridgehead atoms. The molecular formula is C31H49FNO3+. The lowest BCUT2D eigenvalue weighted by Gasteiger charge is -2.33. The molecule has 0 fully saturated rings. The van der Waals surface area contributed by atoms with Crippen LogP contribution in [0.15, 0.2) is 48.5 Å². The van der Waals surface area contributed by atoms with Gasteiger partial charge in [0.15, 0.2) is 0 Å². The zero-order valence-corrected chi connectivity index (χ0v) is 23.7. The van der Waals surface area contributed by atoms with Crippen LogP contribution >= 0.6 is 0 Å². The van der Waals surface area contributed by atoms with E-state index in [0.29, 0.717) is 38.3 Å². The van der Waals surface area contributed by atoms with Gasteiger partial charge in [-0.25, -0.2) is 0 Å². The summed E-state index contributed by atoms with van der Waals surface area (Å²) in [5.74, 6) is 1.73. The average Bonchev–Trinajstić information content (AvgIpc) is 2.78. The fraction of sp³-hybridized carbons (Fsp3) is 0.613. The summed E-state index contributed by atoms with van der Waals surface area (Å²) in [5.41, 5.74) is 3.03. The Labute approximate surface area is 219 Å². The average molecular weight is 503 g/mol. The molecule has 2 aromatic carbocycles. The highest BCUT2D eigenvalue weighted by Gasteiger charge is 2.27. The number of hydrogen-bond acceptors (Lipinski definition) is 3. The molecule has 0 N–H and O–H groups in total. The van der Waals surface area contributed by atoms with E-state index in [1.54, 1.807) is 0 Å². The van der Waals surface area contributed by atoms with E-state index in [4.69, 9.17) is 14.2 Å². The predicted molar refractivity (Wildman–Crippen MR) is 148 cm³/mol. The molecular weight excluding hydrogens is 453 g/mol. The van der Waals surface area contributed by atoms with Gasteiger partial charge in [0, 0.05) is 5.56 Å². The fourth-order valence-corrected chi connectivity index (χ4v) is 4.71. The smallest absolute Gasteiger partial charge is 0.119 e. The van der Waals surface area contributed by atoms with Crippen molar-refractivity contribution in [3.05, 3.63) is 59.7 Å². The van der Waals surface area contributed by atoms with Crippen molar-refractivity contribution in [3.8, 4) is 11.5 Å². The number of rotatable bonds is 16. The van der Waals surface area contributed by atoms with Crippen LogP contribution in [-0.2, 0) is 16.7 Å². The minimum atomic E-state index is -0.281. The molecule has 36 heavy (non-hydrogen) atoms. The van der Waals surface area contributed by atoms with Gasteiger partial charge >= 0.3 is 0 Å². The first-order valence-corrected chi connectivity index (χ1v) is 13.3. The Morgan fingerprint density at radius 2 is 1.31 bits per heavy atom. The Kier molecular flexibility index (Phi) is 11.7. The van der Waals surface area contributed by atoms with Gasteiger partial charge in [-0.1, -0.05) is 46.8 Å². The molecule has 202 valence electrons. The second-order valence-corrected chi connectivity index (χ2v) is 12.3. The van der Waals surface area contributed by atoms with Crippen molar-refractivity contribution in [2.45, 2.75) is 65.8 Å². The summed E-state index contributed by atoms with van der Waals surface area (Å²) in [6, 6.07) is 16.7. The van der Waals surface area contributed by atoms with Crippen LogP contribution in [0.1, 0.15) is 65.0 Å². The van der Waals surface area contributed by atoms with Crippen molar-refractivity contribution in [3.63, 3.8) is 0 Å². The largest absolute Gasteiger partial charge is 0.494 e. The summed E-state index contributed by atoms with van der Waals surface area (Å²) in [6.45, 7) is 15.4. The highest BCUT2D eigenvalue weighted by atomic mass is 19.1. The maximum absolute atomic E-state index is 12.2. The summed E-state index contributed by atoms with van der Waals surface area (Å²) in [5, 5.41) is 0. The number of unbranched alkanes of at least 4 members (excludes halogenated alkanes) is 1. The lowest BCUT2D eigenvalue weighted by atomic mass is 9.72. The first-order chi connectivity index (χ1) is 16.9. The highest BCUT2D eigenvalue weighted by molar-refractivity contribution is 5.32. The molecule has 0 radical (unpaired) electrons. The molecule has 0 aliphatic rings. The van der Waals surface area contributed by atoms with Crippen LogP contribution < -0.4 is 9.47 Å². The third-order valence-electron chi connectivity index (χ3n) is 6.28. The van der Waals surface area contributed by atoms with Crippen LogP contribution in [-0.4, -0.2) is 58.2 Å². The van der Waals surface area contributed by atoms with Gasteiger partial charge in [-0.05, 0) is 72.1 Å². The van der Waals surface area contributed by atoms with Crippen LogP contribution in [0, 0.1) is 5.41 Å². The van der Waals surface area contributed by atoms with E-state index in [2.05, 4.69) is 85.1 Å². The highest BCUT2D eigenvalue weighted by Crippen LogP contribution is 2.36. The van der Waals surface area contributed by atoms with Crippen LogP contribution in [0.3, 0.4) is 0 Å². The van der Waals surface area contributed by atoms with Gasteiger partial charge in [0.1, 0.15) is 31.2 Å². The second kappa shape index (κ2) is 14.0. The third-order valence-corrected chi connectivity index (χ3v) is 6.28. The molecule has 0 spiro atoms. The summed E-state index contributed by atoms with van der Waals surface area (Å²) < 4.78 is 30.4. The van der Waals surface area contributed by atoms with E-state index in [9.17, 15) is 4.39 Å². The maximum atomic E-state index is 12.2. The van der Waals surface area contributed by atoms with E-state index >= 15 is 0 Å². The topological polar surface area (TPSA) is 27.7 Å². The predicted octanol–water partition coefficient (Wildman–Crippen LogP) is 7.20. The molecule has 0 aliphatic heterocycles. The minimum absolute atomic E-state index is 0.136. The molecule has 0 unspecified atom stereocenters. The summed E-state index contributed by atoms with van der Waals surface area (Å²) in [4.78, 5) is 0. The normalized spacial score (nSPS) is 12.6. The molecule has 4 nitrogen and oxygen atoms in total. The Morgan fingerprint density at radius 1 is 0.722 bits per heavy atom. The molecule has 5 heteroatoms. The van der Waals surface area contributed by atoms with Crippen molar-refractivity contribution < 1.29 is 23.1 Å². The van der Waals surface area contributed by atoms with Crippen molar-refractivity contribution in [2.24, 2.45) is 5.41 Å². The second-order valence-electron chi connectivity index (χ2n) is 12.3. The number of ether oxygens (including phenoxy) is 3. The Bertz CT molecular complexity index is 870. The third kappa shape index (κ3) is 11.7. The molecule has 0 saturated carbocycles. The number of nitrogens with zero attached hydrogens (tertiary/aromatic N) is 1. The Hall–Kier alpha value is -2.11. The molecule has 2 aromatic rings. The van der Waals surface area contributed by atoms with Crippen molar-refractivity contribution >= 4 is 0 Å². The van der Waals surface area contributed by atoms with Gasteiger partial charge < -0.3 is 18.7 Å². The van der Waals surface area contributed by atoms with Crippen molar-refractivity contribution in [1.82, 2.24) is 0 Å². The minimum Gasteiger partial charge on any atom is -0.494 e. The molecule has 0 atom stereocenters. The lowest BCUT2D eigenvalue weighted by Crippen LogP contribution is -2.41.